The Morgan fingerprint density at radius 3 is 3.08 bits per heavy atom. The third-order valence-corrected chi connectivity index (χ3v) is 1.99. The molecular formula is C10H11NO. The fraction of sp³-hybridized carbons (Fsp3) is 0.200. The van der Waals surface area contributed by atoms with Crippen LogP contribution in [0.3, 0.4) is 0 Å². The van der Waals surface area contributed by atoms with Crippen LogP contribution in [0.25, 0.3) is 10.9 Å². The van der Waals surface area contributed by atoms with Crippen LogP contribution in [0.4, 0.5) is 0 Å². The number of ether oxygens (including phenoxy) is 1. The van der Waals surface area contributed by atoms with E-state index in [9.17, 15) is 0 Å². The van der Waals surface area contributed by atoms with Crippen LogP contribution in [-0.2, 0) is 11.3 Å². The fourth-order valence-electron chi connectivity index (χ4n) is 1.43. The number of aromatic nitrogens is 1. The van der Waals surface area contributed by atoms with Gasteiger partial charge in [-0.2, -0.15) is 0 Å². The number of hydrogen-bond acceptors (Lipinski definition) is 1. The Bertz CT molecular complexity index is 378. The zero-order valence-electron chi connectivity index (χ0n) is 7.00. The molecule has 0 unspecified atom stereocenters. The van der Waals surface area contributed by atoms with Gasteiger partial charge in [0.15, 0.2) is 0 Å². The van der Waals surface area contributed by atoms with Gasteiger partial charge in [0.05, 0.1) is 6.61 Å². The second kappa shape index (κ2) is 2.99. The summed E-state index contributed by atoms with van der Waals surface area (Å²) in [7, 11) is 1.71. The van der Waals surface area contributed by atoms with Crippen molar-refractivity contribution in [3.63, 3.8) is 0 Å². The van der Waals surface area contributed by atoms with Crippen LogP contribution in [0.2, 0.25) is 0 Å². The van der Waals surface area contributed by atoms with Crippen molar-refractivity contribution >= 4 is 10.9 Å². The lowest BCUT2D eigenvalue weighted by atomic mass is 10.1. The largest absolute Gasteiger partial charge is 0.380 e. The molecule has 0 aliphatic carbocycles. The van der Waals surface area contributed by atoms with Crippen molar-refractivity contribution in [1.29, 1.82) is 0 Å². The van der Waals surface area contributed by atoms with Gasteiger partial charge < -0.3 is 9.72 Å². The van der Waals surface area contributed by atoms with Crippen molar-refractivity contribution in [2.75, 3.05) is 7.11 Å². The van der Waals surface area contributed by atoms with Crippen molar-refractivity contribution in [2.24, 2.45) is 0 Å². The van der Waals surface area contributed by atoms with Crippen LogP contribution in [0.1, 0.15) is 5.56 Å². The van der Waals surface area contributed by atoms with Crippen molar-refractivity contribution in [3.8, 4) is 0 Å². The summed E-state index contributed by atoms with van der Waals surface area (Å²) in [6, 6.07) is 8.25. The first kappa shape index (κ1) is 7.37. The van der Waals surface area contributed by atoms with Crippen LogP contribution in [0, 0.1) is 0 Å². The molecule has 2 heteroatoms. The number of nitrogens with one attached hydrogen (secondary N) is 1. The van der Waals surface area contributed by atoms with E-state index in [2.05, 4.69) is 23.2 Å². The van der Waals surface area contributed by atoms with E-state index >= 15 is 0 Å². The van der Waals surface area contributed by atoms with E-state index in [1.165, 1.54) is 16.5 Å². The summed E-state index contributed by atoms with van der Waals surface area (Å²) in [6.07, 6.45) is 1.95. The van der Waals surface area contributed by atoms with Gasteiger partial charge in [-0.3, -0.25) is 0 Å². The van der Waals surface area contributed by atoms with Gasteiger partial charge in [-0.05, 0) is 17.7 Å². The number of H-pyrrole nitrogens is 1. The summed E-state index contributed by atoms with van der Waals surface area (Å²) in [5.41, 5.74) is 2.40. The lowest BCUT2D eigenvalue weighted by Crippen LogP contribution is -1.86. The average Bonchev–Trinajstić information content (AvgIpc) is 2.53. The second-order valence-electron chi connectivity index (χ2n) is 2.79. The minimum atomic E-state index is 0.676. The third kappa shape index (κ3) is 1.10. The molecule has 2 aromatic rings. The first-order valence-electron chi connectivity index (χ1n) is 3.96. The van der Waals surface area contributed by atoms with Crippen LogP contribution < -0.4 is 0 Å². The molecule has 2 rings (SSSR count). The first-order chi connectivity index (χ1) is 5.92. The van der Waals surface area contributed by atoms with E-state index < -0.39 is 0 Å². The minimum absolute atomic E-state index is 0.676. The summed E-state index contributed by atoms with van der Waals surface area (Å²) in [5.74, 6) is 0. The number of methoxy groups -OCH3 is 1. The quantitative estimate of drug-likeness (QED) is 0.718. The van der Waals surface area contributed by atoms with Gasteiger partial charge in [0.1, 0.15) is 0 Å². The normalized spacial score (nSPS) is 10.8. The molecule has 1 heterocycles. The molecule has 2 nitrogen and oxygen atoms in total. The Balaban J connectivity index is 2.57. The van der Waals surface area contributed by atoms with Gasteiger partial charge in [-0.1, -0.05) is 12.1 Å². The second-order valence-corrected chi connectivity index (χ2v) is 2.79. The van der Waals surface area contributed by atoms with E-state index in [-0.39, 0.29) is 0 Å². The predicted molar refractivity (Wildman–Crippen MR) is 49.0 cm³/mol. The van der Waals surface area contributed by atoms with Crippen molar-refractivity contribution in [3.05, 3.63) is 36.0 Å². The van der Waals surface area contributed by atoms with Crippen molar-refractivity contribution < 1.29 is 4.74 Å². The lowest BCUT2D eigenvalue weighted by molar-refractivity contribution is 0.186. The van der Waals surface area contributed by atoms with E-state index in [1.54, 1.807) is 7.11 Å². The van der Waals surface area contributed by atoms with Crippen LogP contribution >= 0.6 is 0 Å². The maximum absolute atomic E-state index is 5.09. The Hall–Kier alpha value is -1.28. The van der Waals surface area contributed by atoms with Gasteiger partial charge in [0.2, 0.25) is 0 Å². The SMILES string of the molecule is COCc1cccc2[nH]ccc12. The van der Waals surface area contributed by atoms with Crippen molar-refractivity contribution in [2.45, 2.75) is 6.61 Å². The maximum atomic E-state index is 5.09. The minimum Gasteiger partial charge on any atom is -0.380 e. The summed E-state index contributed by atoms with van der Waals surface area (Å²) in [5, 5.41) is 1.25. The molecule has 0 aliphatic rings. The van der Waals surface area contributed by atoms with E-state index in [0.717, 1.165) is 0 Å². The third-order valence-electron chi connectivity index (χ3n) is 1.99. The summed E-state index contributed by atoms with van der Waals surface area (Å²) >= 11 is 0. The lowest BCUT2D eigenvalue weighted by Gasteiger charge is -2.00. The Morgan fingerprint density at radius 2 is 2.25 bits per heavy atom. The first-order valence-corrected chi connectivity index (χ1v) is 3.96. The molecule has 0 bridgehead atoms. The van der Waals surface area contributed by atoms with E-state index in [0.29, 0.717) is 6.61 Å². The summed E-state index contributed by atoms with van der Waals surface area (Å²) in [4.78, 5) is 3.16. The topological polar surface area (TPSA) is 25.0 Å². The fourth-order valence-corrected chi connectivity index (χ4v) is 1.43. The number of rotatable bonds is 2. The highest BCUT2D eigenvalue weighted by molar-refractivity contribution is 5.82. The zero-order valence-corrected chi connectivity index (χ0v) is 7.00. The van der Waals surface area contributed by atoms with Gasteiger partial charge in [0.25, 0.3) is 0 Å². The van der Waals surface area contributed by atoms with Gasteiger partial charge >= 0.3 is 0 Å². The smallest absolute Gasteiger partial charge is 0.0719 e. The molecule has 1 aromatic carbocycles. The molecule has 0 saturated carbocycles. The predicted octanol–water partition coefficient (Wildman–Crippen LogP) is 2.31. The Kier molecular flexibility index (Phi) is 1.84. The number of fused-ring (bicyclic) bond motifs is 1. The molecular weight excluding hydrogens is 150 g/mol. The van der Waals surface area contributed by atoms with E-state index in [1.807, 2.05) is 12.3 Å². The molecule has 62 valence electrons. The molecule has 1 aromatic heterocycles. The van der Waals surface area contributed by atoms with Crippen LogP contribution in [-0.4, -0.2) is 12.1 Å². The average molecular weight is 161 g/mol. The molecule has 0 saturated heterocycles. The van der Waals surface area contributed by atoms with Crippen LogP contribution in [0.5, 0.6) is 0 Å². The molecule has 0 aliphatic heterocycles. The van der Waals surface area contributed by atoms with Crippen molar-refractivity contribution in [1.82, 2.24) is 4.98 Å². The van der Waals surface area contributed by atoms with Gasteiger partial charge in [-0.25, -0.2) is 0 Å². The Morgan fingerprint density at radius 1 is 1.33 bits per heavy atom. The molecule has 0 fully saturated rings. The van der Waals surface area contributed by atoms with Crippen LogP contribution in [0.15, 0.2) is 30.5 Å². The van der Waals surface area contributed by atoms with Gasteiger partial charge in [-0.15, -0.1) is 0 Å². The highest BCUT2D eigenvalue weighted by Crippen LogP contribution is 2.17. The van der Waals surface area contributed by atoms with Gasteiger partial charge in [0, 0.05) is 24.2 Å². The standard InChI is InChI=1S/C10H11NO/c1-12-7-8-3-2-4-10-9(8)5-6-11-10/h2-6,11H,7H2,1H3. The highest BCUT2D eigenvalue weighted by Gasteiger charge is 1.99. The maximum Gasteiger partial charge on any atom is 0.0719 e. The summed E-state index contributed by atoms with van der Waals surface area (Å²) in [6.45, 7) is 0.676. The zero-order chi connectivity index (χ0) is 8.39. The highest BCUT2D eigenvalue weighted by atomic mass is 16.5. The molecule has 0 spiro atoms. The Labute approximate surface area is 71.2 Å². The summed E-state index contributed by atoms with van der Waals surface area (Å²) < 4.78 is 5.09. The molecule has 12 heavy (non-hydrogen) atoms. The molecule has 0 atom stereocenters. The molecule has 0 radical (unpaired) electrons. The number of benzene rings is 1. The molecule has 1 N–H and O–H groups in total. The van der Waals surface area contributed by atoms with E-state index in [4.69, 9.17) is 4.74 Å². The number of hydrogen-bond donors (Lipinski definition) is 1. The number of aromatic amines is 1. The molecule has 0 amide bonds. The monoisotopic (exact) mass is 161 g/mol.